The summed E-state index contributed by atoms with van der Waals surface area (Å²) in [7, 11) is -0.954. The fraction of sp³-hybridized carbons (Fsp3) is 0.900. The van der Waals surface area contributed by atoms with Gasteiger partial charge in [-0.05, 0) is 32.1 Å². The quantitative estimate of drug-likeness (QED) is 0.491. The second-order valence-corrected chi connectivity index (χ2v) is 4.87. The summed E-state index contributed by atoms with van der Waals surface area (Å²) in [5, 5.41) is 12.7. The highest BCUT2D eigenvalue weighted by atomic mass is 16.6. The van der Waals surface area contributed by atoms with E-state index in [-0.39, 0.29) is 12.0 Å². The molecule has 2 aliphatic heterocycles. The molecule has 4 N–H and O–H groups in total. The average Bonchev–Trinajstić information content (AvgIpc) is 2.23. The summed E-state index contributed by atoms with van der Waals surface area (Å²) in [4.78, 5) is 12.0. The molecule has 0 radical (unpaired) electrons. The fourth-order valence-corrected chi connectivity index (χ4v) is 2.61. The zero-order valence-corrected chi connectivity index (χ0v) is 9.45. The Hall–Kier alpha value is -0.585. The molecule has 16 heavy (non-hydrogen) atoms. The lowest BCUT2D eigenvalue weighted by Crippen LogP contribution is -2.61. The van der Waals surface area contributed by atoms with Crippen LogP contribution in [0, 0.1) is 0 Å². The van der Waals surface area contributed by atoms with Gasteiger partial charge in [-0.1, -0.05) is 12.8 Å². The maximum absolute atomic E-state index is 12.0. The van der Waals surface area contributed by atoms with Gasteiger partial charge in [-0.3, -0.25) is 4.79 Å². The number of piperidine rings is 1. The first kappa shape index (κ1) is 11.9. The van der Waals surface area contributed by atoms with Gasteiger partial charge in [0.25, 0.3) is 0 Å². The molecular weight excluding hydrogens is 207 g/mol. The molecule has 0 aromatic rings. The number of hydrogen-bond acceptors (Lipinski definition) is 5. The van der Waals surface area contributed by atoms with E-state index in [9.17, 15) is 9.82 Å². The lowest BCUT2D eigenvalue weighted by molar-refractivity contribution is -0.145. The molecule has 0 bridgehead atoms. The van der Waals surface area contributed by atoms with Crippen LogP contribution in [0.5, 0.6) is 0 Å². The zero-order chi connectivity index (χ0) is 11.6. The van der Waals surface area contributed by atoms with E-state index in [0.717, 1.165) is 32.2 Å². The first-order chi connectivity index (χ1) is 7.62. The van der Waals surface area contributed by atoms with Crippen LogP contribution in [0.1, 0.15) is 32.1 Å². The minimum Gasteiger partial charge on any atom is -0.508 e. The van der Waals surface area contributed by atoms with Crippen LogP contribution in [0.25, 0.3) is 0 Å². The SMILES string of the molecule is N[C@H]1CCNC2(CCCCB(O)OC2=O)C1. The van der Waals surface area contributed by atoms with Crippen LogP contribution in [0.15, 0.2) is 0 Å². The van der Waals surface area contributed by atoms with Crippen LogP contribution < -0.4 is 11.1 Å². The largest absolute Gasteiger partial charge is 0.524 e. The van der Waals surface area contributed by atoms with E-state index < -0.39 is 12.7 Å². The third kappa shape index (κ3) is 2.39. The summed E-state index contributed by atoms with van der Waals surface area (Å²) in [6.45, 7) is 0.742. The topological polar surface area (TPSA) is 84.6 Å². The van der Waals surface area contributed by atoms with Gasteiger partial charge in [0.15, 0.2) is 0 Å². The van der Waals surface area contributed by atoms with Crippen molar-refractivity contribution < 1.29 is 14.5 Å². The molecule has 2 aliphatic rings. The van der Waals surface area contributed by atoms with Gasteiger partial charge in [-0.2, -0.15) is 0 Å². The van der Waals surface area contributed by atoms with E-state index in [1.54, 1.807) is 0 Å². The second-order valence-electron chi connectivity index (χ2n) is 4.87. The minimum atomic E-state index is -0.954. The van der Waals surface area contributed by atoms with Gasteiger partial charge < -0.3 is 20.7 Å². The molecule has 0 saturated carbocycles. The Morgan fingerprint density at radius 3 is 3.12 bits per heavy atom. The molecule has 0 aromatic carbocycles. The number of carbonyl (C=O) groups is 1. The van der Waals surface area contributed by atoms with E-state index >= 15 is 0 Å². The third-order valence-corrected chi connectivity index (χ3v) is 3.53. The Bertz CT molecular complexity index is 277. The molecule has 5 nitrogen and oxygen atoms in total. The molecule has 2 rings (SSSR count). The first-order valence-corrected chi connectivity index (χ1v) is 6.02. The summed E-state index contributed by atoms with van der Waals surface area (Å²) in [5.41, 5.74) is 5.26. The number of hydrogen-bond donors (Lipinski definition) is 3. The monoisotopic (exact) mass is 226 g/mol. The van der Waals surface area contributed by atoms with Crippen LogP contribution in [-0.2, 0) is 9.45 Å². The van der Waals surface area contributed by atoms with Gasteiger partial charge in [-0.15, -0.1) is 0 Å². The Balaban J connectivity index is 2.12. The normalized spacial score (nSPS) is 36.8. The van der Waals surface area contributed by atoms with Gasteiger partial charge in [0.1, 0.15) is 5.54 Å². The zero-order valence-electron chi connectivity index (χ0n) is 9.45. The van der Waals surface area contributed by atoms with Crippen molar-refractivity contribution >= 4 is 13.1 Å². The first-order valence-electron chi connectivity index (χ1n) is 6.02. The molecule has 2 saturated heterocycles. The minimum absolute atomic E-state index is 0.0466. The average molecular weight is 226 g/mol. The number of nitrogens with one attached hydrogen (secondary N) is 1. The Kier molecular flexibility index (Phi) is 3.52. The van der Waals surface area contributed by atoms with Crippen molar-refractivity contribution in [1.29, 1.82) is 0 Å². The van der Waals surface area contributed by atoms with Crippen molar-refractivity contribution in [3.05, 3.63) is 0 Å². The molecule has 6 heteroatoms. The predicted octanol–water partition coefficient (Wildman–Crippen LogP) is -0.357. The summed E-state index contributed by atoms with van der Waals surface area (Å²) in [5.74, 6) is -0.338. The molecule has 90 valence electrons. The van der Waals surface area contributed by atoms with E-state index in [4.69, 9.17) is 10.4 Å². The number of nitrogens with two attached hydrogens (primary N) is 1. The standard InChI is InChI=1S/C10H19BN2O3/c12-8-3-6-13-10(7-8)4-1-2-5-11(15)16-9(10)14/h8,13,15H,1-7,12H2/t8-,10?/m0/s1. The van der Waals surface area contributed by atoms with Crippen molar-refractivity contribution in [2.24, 2.45) is 5.73 Å². The summed E-state index contributed by atoms with van der Waals surface area (Å²) >= 11 is 0. The Labute approximate surface area is 95.9 Å². The number of rotatable bonds is 0. The highest BCUT2D eigenvalue weighted by Crippen LogP contribution is 2.28. The van der Waals surface area contributed by atoms with Crippen molar-refractivity contribution in [1.82, 2.24) is 5.32 Å². The van der Waals surface area contributed by atoms with Crippen LogP contribution in [0.4, 0.5) is 0 Å². The van der Waals surface area contributed by atoms with E-state index in [2.05, 4.69) is 5.32 Å². The van der Waals surface area contributed by atoms with Crippen molar-refractivity contribution in [3.63, 3.8) is 0 Å². The second kappa shape index (κ2) is 4.73. The maximum Gasteiger partial charge on any atom is 0.524 e. The maximum atomic E-state index is 12.0. The van der Waals surface area contributed by atoms with Crippen LogP contribution in [0.2, 0.25) is 6.32 Å². The predicted molar refractivity (Wildman–Crippen MR) is 60.7 cm³/mol. The lowest BCUT2D eigenvalue weighted by atomic mass is 9.75. The molecule has 0 aromatic heterocycles. The highest BCUT2D eigenvalue weighted by molar-refractivity contribution is 6.45. The van der Waals surface area contributed by atoms with Gasteiger partial charge in [0.05, 0.1) is 0 Å². The highest BCUT2D eigenvalue weighted by Gasteiger charge is 2.44. The Morgan fingerprint density at radius 2 is 2.38 bits per heavy atom. The molecular formula is C10H19BN2O3. The molecule has 0 amide bonds. The van der Waals surface area contributed by atoms with E-state index in [1.165, 1.54) is 0 Å². The molecule has 2 heterocycles. The van der Waals surface area contributed by atoms with Gasteiger partial charge in [-0.25, -0.2) is 0 Å². The van der Waals surface area contributed by atoms with E-state index in [1.807, 2.05) is 0 Å². The van der Waals surface area contributed by atoms with E-state index in [0.29, 0.717) is 12.7 Å². The molecule has 1 unspecified atom stereocenters. The smallest absolute Gasteiger partial charge is 0.508 e. The van der Waals surface area contributed by atoms with Crippen molar-refractivity contribution in [3.8, 4) is 0 Å². The molecule has 2 atom stereocenters. The molecule has 1 spiro atoms. The molecule has 0 aliphatic carbocycles. The number of carbonyl (C=O) groups excluding carboxylic acids is 1. The van der Waals surface area contributed by atoms with Crippen LogP contribution in [-0.4, -0.2) is 36.2 Å². The summed E-state index contributed by atoms with van der Waals surface area (Å²) in [6, 6.07) is 0.0466. The van der Waals surface area contributed by atoms with Crippen LogP contribution >= 0.6 is 0 Å². The molecule has 2 fully saturated rings. The summed E-state index contributed by atoms with van der Waals surface area (Å²) < 4.78 is 5.03. The van der Waals surface area contributed by atoms with Gasteiger partial charge in [0, 0.05) is 6.04 Å². The fourth-order valence-electron chi connectivity index (χ4n) is 2.61. The third-order valence-electron chi connectivity index (χ3n) is 3.53. The van der Waals surface area contributed by atoms with Gasteiger partial charge in [0.2, 0.25) is 0 Å². The van der Waals surface area contributed by atoms with Crippen molar-refractivity contribution in [2.75, 3.05) is 6.54 Å². The lowest BCUT2D eigenvalue weighted by Gasteiger charge is -2.40. The Morgan fingerprint density at radius 1 is 1.56 bits per heavy atom. The summed E-state index contributed by atoms with van der Waals surface area (Å²) in [6.07, 6.45) is 4.59. The van der Waals surface area contributed by atoms with Gasteiger partial charge >= 0.3 is 13.1 Å². The van der Waals surface area contributed by atoms with Crippen LogP contribution in [0.3, 0.4) is 0 Å². The van der Waals surface area contributed by atoms with Crippen molar-refractivity contribution in [2.45, 2.75) is 50.0 Å².